The van der Waals surface area contributed by atoms with Crippen LogP contribution in [0, 0.1) is 5.92 Å². The number of rotatable bonds is 33. The Kier molecular flexibility index (Phi) is 33.5. The van der Waals surface area contributed by atoms with E-state index in [1.165, 1.54) is 135 Å². The van der Waals surface area contributed by atoms with Crippen LogP contribution < -0.4 is 0 Å². The Morgan fingerprint density at radius 2 is 1.02 bits per heavy atom. The predicted octanol–water partition coefficient (Wildman–Crippen LogP) is 12.6. The van der Waals surface area contributed by atoms with E-state index in [2.05, 4.69) is 45.1 Å². The molecule has 0 heterocycles. The zero-order chi connectivity index (χ0) is 30.8. The monoisotopic (exact) mass is 591 g/mol. The molecule has 1 atom stereocenters. The molecule has 0 rings (SSSR count). The van der Waals surface area contributed by atoms with Gasteiger partial charge in [-0.1, -0.05) is 167 Å². The highest BCUT2D eigenvalue weighted by molar-refractivity contribution is 5.69. The number of unbranched alkanes of at least 4 members (excludes halogenated alkanes) is 18. The van der Waals surface area contributed by atoms with Gasteiger partial charge in [0.15, 0.2) is 0 Å². The fraction of sp³-hybridized carbons (Fsp3) is 0.872. The number of allylic oxidation sites excluding steroid dienone is 4. The summed E-state index contributed by atoms with van der Waals surface area (Å²) >= 11 is 0. The van der Waals surface area contributed by atoms with Crippen molar-refractivity contribution in [2.45, 2.75) is 207 Å². The summed E-state index contributed by atoms with van der Waals surface area (Å²) in [6.07, 6.45) is 42.3. The molecule has 3 nitrogen and oxygen atoms in total. The molecule has 0 aromatic carbocycles. The molecule has 1 N–H and O–H groups in total. The predicted molar refractivity (Wildman–Crippen MR) is 185 cm³/mol. The second-order valence-corrected chi connectivity index (χ2v) is 12.9. The highest BCUT2D eigenvalue weighted by Gasteiger charge is 2.15. The minimum atomic E-state index is -0.348. The molecule has 0 fully saturated rings. The zero-order valence-electron chi connectivity index (χ0n) is 28.7. The first-order valence-electron chi connectivity index (χ1n) is 18.8. The van der Waals surface area contributed by atoms with E-state index in [-0.39, 0.29) is 12.1 Å². The second-order valence-electron chi connectivity index (χ2n) is 12.9. The summed E-state index contributed by atoms with van der Waals surface area (Å²) < 4.78 is 5.47. The Balaban J connectivity index is 3.90. The fourth-order valence-electron chi connectivity index (χ4n) is 5.77. The van der Waals surface area contributed by atoms with Gasteiger partial charge in [0.1, 0.15) is 0 Å². The maximum Gasteiger partial charge on any atom is 0.305 e. The van der Waals surface area contributed by atoms with Gasteiger partial charge in [0.05, 0.1) is 12.7 Å². The van der Waals surface area contributed by atoms with Crippen LogP contribution in [0.1, 0.15) is 201 Å². The molecule has 1 unspecified atom stereocenters. The minimum Gasteiger partial charge on any atom is -0.466 e. The lowest BCUT2D eigenvalue weighted by atomic mass is 9.89. The van der Waals surface area contributed by atoms with Crippen LogP contribution in [0.5, 0.6) is 0 Å². The van der Waals surface area contributed by atoms with E-state index in [0.717, 1.165) is 32.1 Å². The molecule has 248 valence electrons. The lowest BCUT2D eigenvalue weighted by molar-refractivity contribution is -0.144. The Morgan fingerprint density at radius 1 is 0.571 bits per heavy atom. The molecule has 3 heteroatoms. The van der Waals surface area contributed by atoms with Crippen molar-refractivity contribution in [2.24, 2.45) is 5.92 Å². The van der Waals surface area contributed by atoms with Crippen LogP contribution in [0.15, 0.2) is 24.3 Å². The van der Waals surface area contributed by atoms with Crippen molar-refractivity contribution >= 4 is 5.97 Å². The highest BCUT2D eigenvalue weighted by Crippen LogP contribution is 2.24. The summed E-state index contributed by atoms with van der Waals surface area (Å²) in [6, 6.07) is 0. The normalized spacial score (nSPS) is 12.7. The van der Waals surface area contributed by atoms with E-state index >= 15 is 0 Å². The van der Waals surface area contributed by atoms with Crippen molar-refractivity contribution in [3.8, 4) is 0 Å². The molecular formula is C39H74O3. The quantitative estimate of drug-likeness (QED) is 0.0470. The molecule has 0 radical (unpaired) electrons. The maximum atomic E-state index is 12.2. The number of aliphatic hydroxyl groups excluding tert-OH is 1. The number of carbonyl (C=O) groups is 1. The van der Waals surface area contributed by atoms with Crippen molar-refractivity contribution in [1.29, 1.82) is 0 Å². The smallest absolute Gasteiger partial charge is 0.305 e. The van der Waals surface area contributed by atoms with Gasteiger partial charge in [0.2, 0.25) is 0 Å². The number of carbonyl (C=O) groups excluding carboxylic acids is 1. The molecule has 0 aromatic rings. The number of ether oxygens (including phenoxy) is 1. The first kappa shape index (κ1) is 40.9. The van der Waals surface area contributed by atoms with Gasteiger partial charge in [-0.05, 0) is 50.9 Å². The molecule has 0 aliphatic carbocycles. The SMILES string of the molecule is CCCCCC=CCC=CCCCCCCCC(=O)OCCC(O)CC(CCCCCCCC)CCCCCCCC. The molecule has 0 spiro atoms. The van der Waals surface area contributed by atoms with Crippen molar-refractivity contribution in [3.63, 3.8) is 0 Å². The van der Waals surface area contributed by atoms with Gasteiger partial charge in [-0.25, -0.2) is 0 Å². The number of hydrogen-bond donors (Lipinski definition) is 1. The van der Waals surface area contributed by atoms with E-state index < -0.39 is 0 Å². The van der Waals surface area contributed by atoms with Crippen molar-refractivity contribution in [3.05, 3.63) is 24.3 Å². The van der Waals surface area contributed by atoms with Crippen LogP contribution in [0.4, 0.5) is 0 Å². The number of aliphatic hydroxyl groups is 1. The van der Waals surface area contributed by atoms with E-state index in [0.29, 0.717) is 25.4 Å². The van der Waals surface area contributed by atoms with Crippen molar-refractivity contribution in [2.75, 3.05) is 6.61 Å². The minimum absolute atomic E-state index is 0.0939. The van der Waals surface area contributed by atoms with E-state index in [9.17, 15) is 9.90 Å². The molecule has 0 aromatic heterocycles. The zero-order valence-corrected chi connectivity index (χ0v) is 28.7. The van der Waals surface area contributed by atoms with E-state index in [1.807, 2.05) is 0 Å². The van der Waals surface area contributed by atoms with Gasteiger partial charge in [-0.3, -0.25) is 4.79 Å². The molecule has 0 saturated carbocycles. The molecular weight excluding hydrogens is 516 g/mol. The summed E-state index contributed by atoms with van der Waals surface area (Å²) in [5.74, 6) is 0.518. The lowest BCUT2D eigenvalue weighted by Gasteiger charge is -2.20. The number of esters is 1. The third-order valence-electron chi connectivity index (χ3n) is 8.58. The average Bonchev–Trinajstić information content (AvgIpc) is 2.98. The van der Waals surface area contributed by atoms with Crippen LogP contribution in [0.25, 0.3) is 0 Å². The summed E-state index contributed by atoms with van der Waals surface area (Å²) in [4.78, 5) is 12.2. The Labute approximate surface area is 263 Å². The van der Waals surface area contributed by atoms with Crippen molar-refractivity contribution < 1.29 is 14.6 Å². The van der Waals surface area contributed by atoms with Crippen LogP contribution in [-0.4, -0.2) is 23.8 Å². The van der Waals surface area contributed by atoms with Crippen LogP contribution >= 0.6 is 0 Å². The maximum absolute atomic E-state index is 12.2. The standard InChI is InChI=1S/C39H74O3/c1-4-7-10-13-16-17-18-19-20-21-22-23-24-27-30-33-39(41)42-35-34-38(40)36-37(31-28-25-14-11-8-5-2)32-29-26-15-12-9-6-3/h16-17,19-20,37-38,40H,4-15,18,21-36H2,1-3H3. The van der Waals surface area contributed by atoms with Gasteiger partial charge in [0.25, 0.3) is 0 Å². The summed E-state index contributed by atoms with van der Waals surface area (Å²) in [7, 11) is 0. The third kappa shape index (κ3) is 31.8. The molecule has 0 aliphatic rings. The Morgan fingerprint density at radius 3 is 1.60 bits per heavy atom. The highest BCUT2D eigenvalue weighted by atomic mass is 16.5. The van der Waals surface area contributed by atoms with Gasteiger partial charge in [0, 0.05) is 12.8 Å². The second kappa shape index (κ2) is 34.4. The largest absolute Gasteiger partial charge is 0.466 e. The molecule has 0 aliphatic heterocycles. The van der Waals surface area contributed by atoms with E-state index in [1.54, 1.807) is 0 Å². The van der Waals surface area contributed by atoms with Gasteiger partial charge >= 0.3 is 5.97 Å². The van der Waals surface area contributed by atoms with Crippen LogP contribution in [0.3, 0.4) is 0 Å². The van der Waals surface area contributed by atoms with Gasteiger partial charge in [-0.2, -0.15) is 0 Å². The van der Waals surface area contributed by atoms with Crippen LogP contribution in [0.2, 0.25) is 0 Å². The molecule has 0 amide bonds. The lowest BCUT2D eigenvalue weighted by Crippen LogP contribution is -2.17. The summed E-state index contributed by atoms with van der Waals surface area (Å²) in [5, 5.41) is 10.7. The average molecular weight is 591 g/mol. The first-order chi connectivity index (χ1) is 20.6. The van der Waals surface area contributed by atoms with Crippen molar-refractivity contribution in [1.82, 2.24) is 0 Å². The fourth-order valence-corrected chi connectivity index (χ4v) is 5.77. The summed E-state index contributed by atoms with van der Waals surface area (Å²) in [6.45, 7) is 7.15. The molecule has 42 heavy (non-hydrogen) atoms. The van der Waals surface area contributed by atoms with Gasteiger partial charge in [-0.15, -0.1) is 0 Å². The summed E-state index contributed by atoms with van der Waals surface area (Å²) in [5.41, 5.74) is 0. The molecule has 0 bridgehead atoms. The Hall–Kier alpha value is -1.09. The van der Waals surface area contributed by atoms with E-state index in [4.69, 9.17) is 4.74 Å². The topological polar surface area (TPSA) is 46.5 Å². The van der Waals surface area contributed by atoms with Gasteiger partial charge < -0.3 is 9.84 Å². The van der Waals surface area contributed by atoms with Crippen LogP contribution in [-0.2, 0) is 9.53 Å². The molecule has 0 saturated heterocycles. The first-order valence-corrected chi connectivity index (χ1v) is 18.8. The third-order valence-corrected chi connectivity index (χ3v) is 8.58. The number of hydrogen-bond acceptors (Lipinski definition) is 3. The Bertz CT molecular complexity index is 580.